The van der Waals surface area contributed by atoms with E-state index in [1.807, 2.05) is 0 Å². The minimum Gasteiger partial charge on any atom is -0.467 e. The zero-order chi connectivity index (χ0) is 24.0. The van der Waals surface area contributed by atoms with Crippen molar-refractivity contribution in [2.75, 3.05) is 31.6 Å². The number of benzene rings is 2. The Hall–Kier alpha value is -3.47. The Bertz CT molecular complexity index is 1230. The van der Waals surface area contributed by atoms with Crippen molar-refractivity contribution in [1.82, 2.24) is 9.62 Å². The third kappa shape index (κ3) is 5.90. The normalized spacial score (nSPS) is 14.5. The van der Waals surface area contributed by atoms with Crippen molar-refractivity contribution in [3.05, 3.63) is 89.4 Å². The molecule has 1 aliphatic heterocycles. The van der Waals surface area contributed by atoms with E-state index in [-0.39, 0.29) is 18.2 Å². The fourth-order valence-corrected chi connectivity index (χ4v) is 5.04. The fourth-order valence-electron chi connectivity index (χ4n) is 3.54. The lowest BCUT2D eigenvalue weighted by Crippen LogP contribution is -2.41. The van der Waals surface area contributed by atoms with Gasteiger partial charge >= 0.3 is 0 Å². The Balaban J connectivity index is 1.39. The number of morpholine rings is 1. The molecule has 2 aromatic carbocycles. The number of nitrogens with zero attached hydrogens (tertiary/aromatic N) is 1. The third-order valence-electron chi connectivity index (χ3n) is 5.35. The monoisotopic (exact) mass is 483 g/mol. The molecule has 10 heteroatoms. The molecule has 9 nitrogen and oxygen atoms in total. The van der Waals surface area contributed by atoms with Crippen LogP contribution in [-0.4, -0.2) is 50.8 Å². The summed E-state index contributed by atoms with van der Waals surface area (Å²) in [6.07, 6.45) is 1.53. The van der Waals surface area contributed by atoms with E-state index in [1.165, 1.54) is 10.6 Å². The highest BCUT2D eigenvalue weighted by molar-refractivity contribution is 7.88. The lowest BCUT2D eigenvalue weighted by atomic mass is 10.1. The number of hydrogen-bond acceptors (Lipinski definition) is 6. The van der Waals surface area contributed by atoms with Gasteiger partial charge in [-0.25, -0.2) is 8.42 Å². The van der Waals surface area contributed by atoms with Gasteiger partial charge in [0.25, 0.3) is 11.8 Å². The smallest absolute Gasteiger partial charge is 0.255 e. The molecule has 4 rings (SSSR count). The van der Waals surface area contributed by atoms with Gasteiger partial charge in [0.2, 0.25) is 10.0 Å². The number of nitrogens with one attached hydrogen (secondary N) is 2. The summed E-state index contributed by atoms with van der Waals surface area (Å²) in [5.74, 6) is -0.288. The SMILES string of the molecule is O=C(Nc1ccccc1C(=O)NCc1ccco1)c1ccc(CS(=O)(=O)N2CCOCC2)cc1. The quantitative estimate of drug-likeness (QED) is 0.509. The minimum atomic E-state index is -3.45. The first-order chi connectivity index (χ1) is 16.4. The first-order valence-corrected chi connectivity index (χ1v) is 12.4. The van der Waals surface area contributed by atoms with E-state index in [0.717, 1.165) is 0 Å². The van der Waals surface area contributed by atoms with E-state index in [1.54, 1.807) is 60.7 Å². The molecule has 1 aliphatic rings. The minimum absolute atomic E-state index is 0.145. The fraction of sp³-hybridized carbons (Fsp3) is 0.250. The molecule has 178 valence electrons. The molecule has 0 unspecified atom stereocenters. The van der Waals surface area contributed by atoms with E-state index in [9.17, 15) is 18.0 Å². The van der Waals surface area contributed by atoms with Crippen molar-refractivity contribution in [3.63, 3.8) is 0 Å². The number of sulfonamides is 1. The molecular formula is C24H25N3O6S. The molecule has 0 spiro atoms. The zero-order valence-corrected chi connectivity index (χ0v) is 19.2. The van der Waals surface area contributed by atoms with Gasteiger partial charge in [-0.05, 0) is 42.0 Å². The maximum Gasteiger partial charge on any atom is 0.255 e. The van der Waals surface area contributed by atoms with Gasteiger partial charge in [0, 0.05) is 18.7 Å². The number of anilines is 1. The summed E-state index contributed by atoms with van der Waals surface area (Å²) in [4.78, 5) is 25.4. The molecule has 0 radical (unpaired) electrons. The summed E-state index contributed by atoms with van der Waals surface area (Å²) in [7, 11) is -3.45. The van der Waals surface area contributed by atoms with Crippen molar-refractivity contribution >= 4 is 27.5 Å². The standard InChI is InChI=1S/C24H25N3O6S/c28-23(19-9-7-18(8-10-19)17-34(30,31)27-11-14-32-15-12-27)26-22-6-2-1-5-21(22)24(29)25-16-20-4-3-13-33-20/h1-10,13H,11-12,14-17H2,(H,25,29)(H,26,28). The van der Waals surface area contributed by atoms with Gasteiger partial charge in [-0.1, -0.05) is 24.3 Å². The van der Waals surface area contributed by atoms with E-state index in [2.05, 4.69) is 10.6 Å². The molecule has 2 N–H and O–H groups in total. The van der Waals surface area contributed by atoms with Crippen LogP contribution in [0.2, 0.25) is 0 Å². The molecule has 0 aliphatic carbocycles. The van der Waals surface area contributed by atoms with Crippen LogP contribution in [0, 0.1) is 0 Å². The first kappa shape index (κ1) is 23.7. The van der Waals surface area contributed by atoms with Gasteiger partial charge in [-0.2, -0.15) is 4.31 Å². The maximum absolute atomic E-state index is 12.8. The number of hydrogen-bond donors (Lipinski definition) is 2. The zero-order valence-electron chi connectivity index (χ0n) is 18.4. The molecule has 1 saturated heterocycles. The first-order valence-electron chi connectivity index (χ1n) is 10.8. The van der Waals surface area contributed by atoms with Crippen LogP contribution in [0.3, 0.4) is 0 Å². The van der Waals surface area contributed by atoms with E-state index in [0.29, 0.717) is 54.4 Å². The molecule has 1 fully saturated rings. The number of carbonyl (C=O) groups excluding carboxylic acids is 2. The Labute approximate surface area is 197 Å². The van der Waals surface area contributed by atoms with E-state index >= 15 is 0 Å². The Kier molecular flexibility index (Phi) is 7.41. The summed E-state index contributed by atoms with van der Waals surface area (Å²) in [5, 5.41) is 5.52. The van der Waals surface area contributed by atoms with E-state index in [4.69, 9.17) is 9.15 Å². The summed E-state index contributed by atoms with van der Waals surface area (Å²) < 4.78 is 37.0. The number of amides is 2. The number of carbonyl (C=O) groups is 2. The molecule has 3 aromatic rings. The predicted octanol–water partition coefficient (Wildman–Crippen LogP) is 2.62. The van der Waals surface area contributed by atoms with Crippen LogP contribution in [0.15, 0.2) is 71.3 Å². The van der Waals surface area contributed by atoms with Crippen LogP contribution < -0.4 is 10.6 Å². The van der Waals surface area contributed by atoms with Crippen molar-refractivity contribution < 1.29 is 27.2 Å². The highest BCUT2D eigenvalue weighted by Gasteiger charge is 2.24. The molecular weight excluding hydrogens is 458 g/mol. The number of furan rings is 1. The van der Waals surface area contributed by atoms with Crippen molar-refractivity contribution in [2.45, 2.75) is 12.3 Å². The molecule has 2 amide bonds. The highest BCUT2D eigenvalue weighted by atomic mass is 32.2. The average Bonchev–Trinajstić information content (AvgIpc) is 3.37. The van der Waals surface area contributed by atoms with Crippen LogP contribution in [-0.2, 0) is 27.1 Å². The van der Waals surface area contributed by atoms with Crippen LogP contribution in [0.25, 0.3) is 0 Å². The Morgan fingerprint density at radius 1 is 0.912 bits per heavy atom. The van der Waals surface area contributed by atoms with Gasteiger partial charge in [0.15, 0.2) is 0 Å². The molecule has 1 aromatic heterocycles. The second kappa shape index (κ2) is 10.6. The molecule has 0 saturated carbocycles. The average molecular weight is 484 g/mol. The van der Waals surface area contributed by atoms with Gasteiger partial charge in [0.1, 0.15) is 5.76 Å². The van der Waals surface area contributed by atoms with Crippen molar-refractivity contribution in [1.29, 1.82) is 0 Å². The van der Waals surface area contributed by atoms with Gasteiger partial charge in [0.05, 0.1) is 43.0 Å². The van der Waals surface area contributed by atoms with Crippen molar-refractivity contribution in [2.24, 2.45) is 0 Å². The van der Waals surface area contributed by atoms with Crippen LogP contribution in [0.4, 0.5) is 5.69 Å². The lowest BCUT2D eigenvalue weighted by molar-refractivity contribution is 0.0729. The predicted molar refractivity (Wildman–Crippen MR) is 126 cm³/mol. The Morgan fingerprint density at radius 3 is 2.35 bits per heavy atom. The van der Waals surface area contributed by atoms with Crippen LogP contribution in [0.5, 0.6) is 0 Å². The third-order valence-corrected chi connectivity index (χ3v) is 7.20. The molecule has 2 heterocycles. The second-order valence-electron chi connectivity index (χ2n) is 7.73. The van der Waals surface area contributed by atoms with Gasteiger partial charge in [-0.15, -0.1) is 0 Å². The summed E-state index contributed by atoms with van der Waals surface area (Å²) >= 11 is 0. The largest absolute Gasteiger partial charge is 0.467 e. The number of ether oxygens (including phenoxy) is 1. The Morgan fingerprint density at radius 2 is 1.65 bits per heavy atom. The molecule has 34 heavy (non-hydrogen) atoms. The molecule has 0 atom stereocenters. The highest BCUT2D eigenvalue weighted by Crippen LogP contribution is 2.18. The van der Waals surface area contributed by atoms with Crippen molar-refractivity contribution in [3.8, 4) is 0 Å². The summed E-state index contributed by atoms with van der Waals surface area (Å²) in [6.45, 7) is 1.69. The lowest BCUT2D eigenvalue weighted by Gasteiger charge is -2.26. The summed E-state index contributed by atoms with van der Waals surface area (Å²) in [5.41, 5.74) is 1.61. The van der Waals surface area contributed by atoms with Crippen LogP contribution >= 0.6 is 0 Å². The topological polar surface area (TPSA) is 118 Å². The molecule has 0 bridgehead atoms. The van der Waals surface area contributed by atoms with Gasteiger partial charge in [-0.3, -0.25) is 9.59 Å². The maximum atomic E-state index is 12.8. The van der Waals surface area contributed by atoms with Crippen LogP contribution in [0.1, 0.15) is 32.0 Å². The van der Waals surface area contributed by atoms with Gasteiger partial charge < -0.3 is 19.8 Å². The number of rotatable bonds is 8. The second-order valence-corrected chi connectivity index (χ2v) is 9.70. The summed E-state index contributed by atoms with van der Waals surface area (Å²) in [6, 6.07) is 16.6. The van der Waals surface area contributed by atoms with E-state index < -0.39 is 15.9 Å². The number of para-hydroxylation sites is 1.